The summed E-state index contributed by atoms with van der Waals surface area (Å²) >= 11 is 5.05. The van der Waals surface area contributed by atoms with Crippen molar-refractivity contribution >= 4 is 27.3 Å². The molecule has 2 heterocycles. The van der Waals surface area contributed by atoms with Crippen molar-refractivity contribution in [1.29, 1.82) is 0 Å². The summed E-state index contributed by atoms with van der Waals surface area (Å²) in [6.07, 6.45) is 4.41. The van der Waals surface area contributed by atoms with Crippen LogP contribution in [0.3, 0.4) is 0 Å². The summed E-state index contributed by atoms with van der Waals surface area (Å²) in [5, 5.41) is 4.10. The molecule has 0 aliphatic heterocycles. The van der Waals surface area contributed by atoms with Crippen LogP contribution in [-0.2, 0) is 5.41 Å². The first-order valence-corrected chi connectivity index (χ1v) is 8.06. The molecule has 0 amide bonds. The van der Waals surface area contributed by atoms with Crippen LogP contribution >= 0.6 is 27.3 Å². The smallest absolute Gasteiger partial charge is 0.234 e. The predicted octanol–water partition coefficient (Wildman–Crippen LogP) is 3.72. The maximum atomic E-state index is 6.26. The second-order valence-electron chi connectivity index (χ2n) is 5.30. The van der Waals surface area contributed by atoms with E-state index in [1.165, 1.54) is 12.8 Å². The molecule has 1 aliphatic carbocycles. The third-order valence-electron chi connectivity index (χ3n) is 3.99. The van der Waals surface area contributed by atoms with Gasteiger partial charge in [-0.2, -0.15) is 4.98 Å². The summed E-state index contributed by atoms with van der Waals surface area (Å²) in [5.41, 5.74) is 6.08. The molecule has 0 saturated heterocycles. The van der Waals surface area contributed by atoms with Crippen molar-refractivity contribution in [3.63, 3.8) is 0 Å². The zero-order valence-corrected chi connectivity index (χ0v) is 13.1. The Morgan fingerprint density at radius 2 is 2.32 bits per heavy atom. The minimum atomic E-state index is -0.183. The minimum Gasteiger partial charge on any atom is -0.338 e. The standard InChI is InChI=1S/C13H16BrN3OS/c1-13(7-3-2-4-9(13)15)12-16-11(17-18-12)8-5-6-10(14)19-8/h5-6,9H,2-4,7,15H2,1H3. The SMILES string of the molecule is CC1(c2nc(-c3ccc(Br)s3)no2)CCCCC1N. The highest BCUT2D eigenvalue weighted by molar-refractivity contribution is 9.11. The average molecular weight is 342 g/mol. The number of rotatable bonds is 2. The van der Waals surface area contributed by atoms with E-state index in [9.17, 15) is 0 Å². The van der Waals surface area contributed by atoms with E-state index in [-0.39, 0.29) is 11.5 Å². The molecule has 1 fully saturated rings. The van der Waals surface area contributed by atoms with Gasteiger partial charge < -0.3 is 10.3 Å². The molecule has 2 unspecified atom stereocenters. The third kappa shape index (κ3) is 2.37. The monoisotopic (exact) mass is 341 g/mol. The minimum absolute atomic E-state index is 0.102. The van der Waals surface area contributed by atoms with Crippen LogP contribution in [0.4, 0.5) is 0 Å². The highest BCUT2D eigenvalue weighted by Crippen LogP contribution is 2.38. The number of hydrogen-bond donors (Lipinski definition) is 1. The van der Waals surface area contributed by atoms with Crippen LogP contribution < -0.4 is 5.73 Å². The average Bonchev–Trinajstić information content (AvgIpc) is 3.01. The van der Waals surface area contributed by atoms with E-state index in [1.54, 1.807) is 11.3 Å². The van der Waals surface area contributed by atoms with Crippen LogP contribution in [0.2, 0.25) is 0 Å². The van der Waals surface area contributed by atoms with Crippen molar-refractivity contribution in [3.05, 3.63) is 21.8 Å². The fourth-order valence-corrected chi connectivity index (χ4v) is 3.93. The number of nitrogens with zero attached hydrogens (tertiary/aromatic N) is 2. The first-order valence-electron chi connectivity index (χ1n) is 6.45. The molecule has 0 spiro atoms. The van der Waals surface area contributed by atoms with E-state index < -0.39 is 0 Å². The van der Waals surface area contributed by atoms with E-state index in [0.717, 1.165) is 21.5 Å². The molecule has 0 radical (unpaired) electrons. The number of thiophene rings is 1. The van der Waals surface area contributed by atoms with Gasteiger partial charge in [0.2, 0.25) is 11.7 Å². The van der Waals surface area contributed by atoms with Crippen molar-refractivity contribution in [2.45, 2.75) is 44.1 Å². The molecule has 2 aromatic rings. The van der Waals surface area contributed by atoms with Crippen LogP contribution in [0.15, 0.2) is 20.4 Å². The first-order chi connectivity index (χ1) is 9.09. The van der Waals surface area contributed by atoms with E-state index in [4.69, 9.17) is 10.3 Å². The van der Waals surface area contributed by atoms with Gasteiger partial charge in [-0.05, 0) is 47.8 Å². The van der Waals surface area contributed by atoms with Crippen LogP contribution in [0.25, 0.3) is 10.7 Å². The summed E-state index contributed by atoms with van der Waals surface area (Å²) in [5.74, 6) is 1.34. The lowest BCUT2D eigenvalue weighted by atomic mass is 9.72. The van der Waals surface area contributed by atoms with Crippen molar-refractivity contribution in [2.75, 3.05) is 0 Å². The van der Waals surface area contributed by atoms with Crippen LogP contribution in [0.1, 0.15) is 38.5 Å². The Labute approximate surface area is 124 Å². The fraction of sp³-hybridized carbons (Fsp3) is 0.538. The molecule has 4 nitrogen and oxygen atoms in total. The predicted molar refractivity (Wildman–Crippen MR) is 79.1 cm³/mol. The Kier molecular flexibility index (Phi) is 3.49. The molecule has 0 aromatic carbocycles. The highest BCUT2D eigenvalue weighted by Gasteiger charge is 2.40. The molecule has 0 bridgehead atoms. The quantitative estimate of drug-likeness (QED) is 0.903. The zero-order chi connectivity index (χ0) is 13.5. The lowest BCUT2D eigenvalue weighted by molar-refractivity contribution is 0.203. The molecule has 2 N–H and O–H groups in total. The number of hydrogen-bond acceptors (Lipinski definition) is 5. The van der Waals surface area contributed by atoms with Crippen LogP contribution in [-0.4, -0.2) is 16.2 Å². The Morgan fingerprint density at radius 3 is 3.00 bits per heavy atom. The lowest BCUT2D eigenvalue weighted by Crippen LogP contribution is -2.45. The van der Waals surface area contributed by atoms with Gasteiger partial charge in [-0.3, -0.25) is 0 Å². The van der Waals surface area contributed by atoms with Gasteiger partial charge >= 0.3 is 0 Å². The van der Waals surface area contributed by atoms with Gasteiger partial charge in [-0.25, -0.2) is 0 Å². The van der Waals surface area contributed by atoms with Gasteiger partial charge in [-0.15, -0.1) is 11.3 Å². The number of nitrogens with two attached hydrogens (primary N) is 1. The van der Waals surface area contributed by atoms with Crippen molar-refractivity contribution in [1.82, 2.24) is 10.1 Å². The fourth-order valence-electron chi connectivity index (χ4n) is 2.62. The summed E-state index contributed by atoms with van der Waals surface area (Å²) in [7, 11) is 0. The van der Waals surface area contributed by atoms with E-state index in [2.05, 4.69) is 33.0 Å². The van der Waals surface area contributed by atoms with E-state index in [1.807, 2.05) is 12.1 Å². The second kappa shape index (κ2) is 5.00. The summed E-state index contributed by atoms with van der Waals surface area (Å²) in [4.78, 5) is 5.58. The molecule has 1 saturated carbocycles. The number of halogens is 1. The van der Waals surface area contributed by atoms with E-state index in [0.29, 0.717) is 11.7 Å². The Bertz CT molecular complexity index is 582. The van der Waals surface area contributed by atoms with Gasteiger partial charge in [0.25, 0.3) is 0 Å². The van der Waals surface area contributed by atoms with Crippen LogP contribution in [0, 0.1) is 0 Å². The van der Waals surface area contributed by atoms with Gasteiger partial charge in [0.15, 0.2) is 0 Å². The summed E-state index contributed by atoms with van der Waals surface area (Å²) < 4.78 is 6.56. The van der Waals surface area contributed by atoms with Gasteiger partial charge in [0.1, 0.15) is 0 Å². The third-order valence-corrected chi connectivity index (χ3v) is 5.61. The molecule has 1 aliphatic rings. The zero-order valence-electron chi connectivity index (χ0n) is 10.7. The summed E-state index contributed by atoms with van der Waals surface area (Å²) in [6.45, 7) is 2.14. The van der Waals surface area contributed by atoms with Crippen molar-refractivity contribution in [2.24, 2.45) is 5.73 Å². The van der Waals surface area contributed by atoms with Gasteiger partial charge in [0.05, 0.1) is 14.1 Å². The molecule has 102 valence electrons. The molecule has 6 heteroatoms. The lowest BCUT2D eigenvalue weighted by Gasteiger charge is -2.35. The van der Waals surface area contributed by atoms with Gasteiger partial charge in [0, 0.05) is 6.04 Å². The normalized spacial score (nSPS) is 27.6. The molecule has 2 atom stereocenters. The van der Waals surface area contributed by atoms with Crippen molar-refractivity contribution < 1.29 is 4.52 Å². The first kappa shape index (κ1) is 13.3. The molecular formula is C13H16BrN3OS. The summed E-state index contributed by atoms with van der Waals surface area (Å²) in [6, 6.07) is 4.08. The largest absolute Gasteiger partial charge is 0.338 e. The maximum absolute atomic E-state index is 6.26. The highest BCUT2D eigenvalue weighted by atomic mass is 79.9. The van der Waals surface area contributed by atoms with E-state index >= 15 is 0 Å². The topological polar surface area (TPSA) is 64.9 Å². The Hall–Kier alpha value is -0.720. The molecule has 2 aromatic heterocycles. The van der Waals surface area contributed by atoms with Crippen molar-refractivity contribution in [3.8, 4) is 10.7 Å². The second-order valence-corrected chi connectivity index (χ2v) is 7.76. The molecular weight excluding hydrogens is 326 g/mol. The molecule has 3 rings (SSSR count). The Balaban J connectivity index is 1.92. The molecule has 19 heavy (non-hydrogen) atoms. The maximum Gasteiger partial charge on any atom is 0.234 e. The van der Waals surface area contributed by atoms with Gasteiger partial charge in [-0.1, -0.05) is 18.0 Å². The number of aromatic nitrogens is 2. The van der Waals surface area contributed by atoms with Crippen LogP contribution in [0.5, 0.6) is 0 Å². The Morgan fingerprint density at radius 1 is 1.47 bits per heavy atom.